The lowest BCUT2D eigenvalue weighted by Crippen LogP contribution is -2.44. The zero-order chi connectivity index (χ0) is 15.6. The summed E-state index contributed by atoms with van der Waals surface area (Å²) in [6, 6.07) is 0. The van der Waals surface area contributed by atoms with E-state index in [1.807, 2.05) is 0 Å². The Balaban J connectivity index is 2.76. The standard InChI is InChI=1S/C11H20N2O6S/c1-4-11(9(14)15)5-6-13(7-11)20(17,18)12-10(16)19-8(2)3/h8H,4-7H2,1-3H3,(H,12,16)(H,14,15). The van der Waals surface area contributed by atoms with E-state index in [-0.39, 0.29) is 19.5 Å². The quantitative estimate of drug-likeness (QED) is 0.767. The average Bonchev–Trinajstić information content (AvgIpc) is 2.72. The molecule has 2 N–H and O–H groups in total. The molecule has 0 aromatic heterocycles. The lowest BCUT2D eigenvalue weighted by molar-refractivity contribution is -0.148. The Morgan fingerprint density at radius 2 is 2.05 bits per heavy atom. The van der Waals surface area contributed by atoms with Crippen molar-refractivity contribution in [2.75, 3.05) is 13.1 Å². The highest BCUT2D eigenvalue weighted by Crippen LogP contribution is 2.35. The summed E-state index contributed by atoms with van der Waals surface area (Å²) in [7, 11) is -4.07. The van der Waals surface area contributed by atoms with Crippen molar-refractivity contribution >= 4 is 22.3 Å². The van der Waals surface area contributed by atoms with Gasteiger partial charge in [0, 0.05) is 13.1 Å². The Bertz CT molecular complexity index is 489. The van der Waals surface area contributed by atoms with Crippen LogP contribution in [0.3, 0.4) is 0 Å². The van der Waals surface area contributed by atoms with E-state index in [1.54, 1.807) is 25.5 Å². The second-order valence-electron chi connectivity index (χ2n) is 5.08. The van der Waals surface area contributed by atoms with Crippen LogP contribution in [0, 0.1) is 5.41 Å². The van der Waals surface area contributed by atoms with Crippen LogP contribution in [0.2, 0.25) is 0 Å². The minimum absolute atomic E-state index is 0.0600. The summed E-state index contributed by atoms with van der Waals surface area (Å²) in [5, 5.41) is 9.21. The topological polar surface area (TPSA) is 113 Å². The van der Waals surface area contributed by atoms with Gasteiger partial charge >= 0.3 is 22.3 Å². The Morgan fingerprint density at radius 3 is 2.45 bits per heavy atom. The van der Waals surface area contributed by atoms with E-state index in [9.17, 15) is 23.1 Å². The predicted molar refractivity (Wildman–Crippen MR) is 70.2 cm³/mol. The lowest BCUT2D eigenvalue weighted by atomic mass is 9.85. The number of nitrogens with zero attached hydrogens (tertiary/aromatic N) is 1. The smallest absolute Gasteiger partial charge is 0.422 e. The van der Waals surface area contributed by atoms with Crippen LogP contribution in [0.1, 0.15) is 33.6 Å². The molecular weight excluding hydrogens is 288 g/mol. The second-order valence-corrected chi connectivity index (χ2v) is 6.75. The van der Waals surface area contributed by atoms with Gasteiger partial charge < -0.3 is 9.84 Å². The van der Waals surface area contributed by atoms with Crippen LogP contribution >= 0.6 is 0 Å². The van der Waals surface area contributed by atoms with Crippen molar-refractivity contribution in [2.24, 2.45) is 5.41 Å². The maximum atomic E-state index is 12.0. The molecule has 1 saturated heterocycles. The van der Waals surface area contributed by atoms with E-state index in [2.05, 4.69) is 0 Å². The number of carboxylic acids is 1. The lowest BCUT2D eigenvalue weighted by Gasteiger charge is -2.22. The summed E-state index contributed by atoms with van der Waals surface area (Å²) in [4.78, 5) is 22.6. The van der Waals surface area contributed by atoms with Gasteiger partial charge in [-0.1, -0.05) is 6.92 Å². The highest BCUT2D eigenvalue weighted by atomic mass is 32.2. The molecule has 0 spiro atoms. The van der Waals surface area contributed by atoms with E-state index in [0.717, 1.165) is 4.31 Å². The number of hydrogen-bond donors (Lipinski definition) is 2. The number of carbonyl (C=O) groups is 2. The fraction of sp³-hybridized carbons (Fsp3) is 0.818. The van der Waals surface area contributed by atoms with Crippen LogP contribution in [0.25, 0.3) is 0 Å². The van der Waals surface area contributed by atoms with Gasteiger partial charge in [0.15, 0.2) is 0 Å². The molecule has 1 atom stereocenters. The molecule has 0 radical (unpaired) electrons. The average molecular weight is 308 g/mol. The number of carbonyl (C=O) groups excluding carboxylic acids is 1. The molecule has 0 bridgehead atoms. The van der Waals surface area contributed by atoms with Crippen LogP contribution in [-0.2, 0) is 19.7 Å². The van der Waals surface area contributed by atoms with Crippen molar-refractivity contribution in [3.63, 3.8) is 0 Å². The number of hydrogen-bond acceptors (Lipinski definition) is 5. The molecule has 1 unspecified atom stereocenters. The molecular formula is C11H20N2O6S. The Labute approximate surface area is 118 Å². The molecule has 1 aliphatic rings. The molecule has 0 aromatic rings. The van der Waals surface area contributed by atoms with Crippen LogP contribution in [0.15, 0.2) is 0 Å². The minimum Gasteiger partial charge on any atom is -0.481 e. The molecule has 116 valence electrons. The van der Waals surface area contributed by atoms with Crippen LogP contribution in [-0.4, -0.2) is 49.1 Å². The first-order valence-electron chi connectivity index (χ1n) is 6.35. The highest BCUT2D eigenvalue weighted by Gasteiger charge is 2.47. The summed E-state index contributed by atoms with van der Waals surface area (Å²) in [6.45, 7) is 4.79. The fourth-order valence-corrected chi connectivity index (χ4v) is 3.20. The monoisotopic (exact) mass is 308 g/mol. The van der Waals surface area contributed by atoms with Gasteiger partial charge in [0.25, 0.3) is 0 Å². The first-order chi connectivity index (χ1) is 9.13. The first kappa shape index (κ1) is 16.7. The summed E-state index contributed by atoms with van der Waals surface area (Å²) in [5.41, 5.74) is -1.09. The van der Waals surface area contributed by atoms with Crippen LogP contribution in [0.4, 0.5) is 4.79 Å². The largest absolute Gasteiger partial charge is 0.481 e. The predicted octanol–water partition coefficient (Wildman–Crippen LogP) is 0.553. The molecule has 9 heteroatoms. The van der Waals surface area contributed by atoms with Gasteiger partial charge in [0.2, 0.25) is 0 Å². The molecule has 1 fully saturated rings. The van der Waals surface area contributed by atoms with Crippen molar-refractivity contribution in [1.82, 2.24) is 9.03 Å². The Kier molecular flexibility index (Phi) is 4.98. The summed E-state index contributed by atoms with van der Waals surface area (Å²) in [6.07, 6.45) is -0.967. The van der Waals surface area contributed by atoms with Crippen molar-refractivity contribution < 1.29 is 27.9 Å². The third-order valence-electron chi connectivity index (χ3n) is 3.34. The van der Waals surface area contributed by atoms with Crippen molar-refractivity contribution in [3.8, 4) is 0 Å². The molecule has 20 heavy (non-hydrogen) atoms. The third-order valence-corrected chi connectivity index (χ3v) is 4.76. The maximum Gasteiger partial charge on any atom is 0.422 e. The Morgan fingerprint density at radius 1 is 1.45 bits per heavy atom. The normalized spacial score (nSPS) is 23.8. The molecule has 0 aliphatic carbocycles. The second kappa shape index (κ2) is 5.96. The first-order valence-corrected chi connectivity index (χ1v) is 7.79. The van der Waals surface area contributed by atoms with E-state index >= 15 is 0 Å². The van der Waals surface area contributed by atoms with Gasteiger partial charge in [-0.15, -0.1) is 0 Å². The van der Waals surface area contributed by atoms with Crippen molar-refractivity contribution in [2.45, 2.75) is 39.7 Å². The van der Waals surface area contributed by atoms with Crippen LogP contribution < -0.4 is 4.72 Å². The summed E-state index contributed by atoms with van der Waals surface area (Å²) >= 11 is 0. The number of amides is 1. The number of aliphatic carboxylic acids is 1. The molecule has 0 aromatic carbocycles. The van der Waals surface area contributed by atoms with E-state index < -0.39 is 33.8 Å². The number of ether oxygens (including phenoxy) is 1. The Hall–Kier alpha value is -1.35. The van der Waals surface area contributed by atoms with E-state index in [4.69, 9.17) is 4.74 Å². The van der Waals surface area contributed by atoms with Gasteiger partial charge in [0.1, 0.15) is 0 Å². The van der Waals surface area contributed by atoms with Gasteiger partial charge in [-0.3, -0.25) is 4.79 Å². The highest BCUT2D eigenvalue weighted by molar-refractivity contribution is 7.87. The minimum atomic E-state index is -4.07. The van der Waals surface area contributed by atoms with Gasteiger partial charge in [-0.05, 0) is 26.7 Å². The maximum absolute atomic E-state index is 12.0. The number of rotatable bonds is 5. The molecule has 0 saturated carbocycles. The SMILES string of the molecule is CCC1(C(=O)O)CCN(S(=O)(=O)NC(=O)OC(C)C)C1. The summed E-state index contributed by atoms with van der Waals surface area (Å²) < 4.78 is 31.4. The van der Waals surface area contributed by atoms with Crippen molar-refractivity contribution in [3.05, 3.63) is 0 Å². The molecule has 1 aliphatic heterocycles. The summed E-state index contributed by atoms with van der Waals surface area (Å²) in [5.74, 6) is -1.03. The van der Waals surface area contributed by atoms with E-state index in [1.165, 1.54) is 0 Å². The molecule has 8 nitrogen and oxygen atoms in total. The fourth-order valence-electron chi connectivity index (χ4n) is 2.06. The van der Waals surface area contributed by atoms with Gasteiger partial charge in [0.05, 0.1) is 11.5 Å². The zero-order valence-corrected chi connectivity index (χ0v) is 12.6. The van der Waals surface area contributed by atoms with Gasteiger partial charge in [-0.2, -0.15) is 12.7 Å². The molecule has 1 heterocycles. The zero-order valence-electron chi connectivity index (χ0n) is 11.7. The number of carboxylic acid groups (broad SMARTS) is 1. The molecule has 1 amide bonds. The molecule has 1 rings (SSSR count). The van der Waals surface area contributed by atoms with E-state index in [0.29, 0.717) is 6.42 Å². The number of nitrogens with one attached hydrogen (secondary N) is 1. The third kappa shape index (κ3) is 3.60. The van der Waals surface area contributed by atoms with Crippen LogP contribution in [0.5, 0.6) is 0 Å². The van der Waals surface area contributed by atoms with Crippen molar-refractivity contribution in [1.29, 1.82) is 0 Å². The van der Waals surface area contributed by atoms with Gasteiger partial charge in [-0.25, -0.2) is 9.52 Å².